The summed E-state index contributed by atoms with van der Waals surface area (Å²) >= 11 is 3.49. The van der Waals surface area contributed by atoms with E-state index in [0.29, 0.717) is 0 Å². The Bertz CT molecular complexity index is 437. The van der Waals surface area contributed by atoms with Crippen LogP contribution in [0.2, 0.25) is 0 Å². The molecule has 0 aliphatic rings. The van der Waals surface area contributed by atoms with Gasteiger partial charge in [0.05, 0.1) is 0 Å². The number of rotatable bonds is 1. The van der Waals surface area contributed by atoms with Gasteiger partial charge in [-0.3, -0.25) is 4.98 Å². The van der Waals surface area contributed by atoms with Gasteiger partial charge in [0.1, 0.15) is 0 Å². The molecule has 0 fully saturated rings. The Balaban J connectivity index is 2.48. The zero-order valence-corrected chi connectivity index (χ0v) is 9.45. The maximum atomic E-state index is 4.10. The van der Waals surface area contributed by atoms with Gasteiger partial charge in [0.2, 0.25) is 0 Å². The molecule has 0 spiro atoms. The van der Waals surface area contributed by atoms with Crippen LogP contribution in [-0.4, -0.2) is 4.98 Å². The molecule has 0 saturated carbocycles. The summed E-state index contributed by atoms with van der Waals surface area (Å²) in [6.07, 6.45) is 3.66. The average molecular weight is 248 g/mol. The Morgan fingerprint density at radius 3 is 2.64 bits per heavy atom. The summed E-state index contributed by atoms with van der Waals surface area (Å²) in [4.78, 5) is 4.10. The van der Waals surface area contributed by atoms with Crippen LogP contribution in [0, 0.1) is 6.92 Å². The second-order valence-corrected chi connectivity index (χ2v) is 4.06. The van der Waals surface area contributed by atoms with E-state index < -0.39 is 0 Å². The minimum absolute atomic E-state index is 1.14. The Morgan fingerprint density at radius 1 is 1.14 bits per heavy atom. The molecular formula is C12H10BrN. The Hall–Kier alpha value is -1.15. The first-order valence-corrected chi connectivity index (χ1v) is 5.23. The van der Waals surface area contributed by atoms with Gasteiger partial charge in [0.15, 0.2) is 0 Å². The van der Waals surface area contributed by atoms with E-state index in [-0.39, 0.29) is 0 Å². The third kappa shape index (κ3) is 1.85. The lowest BCUT2D eigenvalue weighted by atomic mass is 10.1. The van der Waals surface area contributed by atoms with Crippen LogP contribution in [-0.2, 0) is 0 Å². The smallest absolute Gasteiger partial charge is 0.0346 e. The van der Waals surface area contributed by atoms with E-state index in [0.717, 1.165) is 10.0 Å². The van der Waals surface area contributed by atoms with Gasteiger partial charge < -0.3 is 0 Å². The molecule has 0 bridgehead atoms. The summed E-state index contributed by atoms with van der Waals surface area (Å²) in [6.45, 7) is 2.09. The summed E-state index contributed by atoms with van der Waals surface area (Å²) in [5, 5.41) is 0. The van der Waals surface area contributed by atoms with Crippen molar-refractivity contribution in [1.29, 1.82) is 0 Å². The van der Waals surface area contributed by atoms with Gasteiger partial charge in [-0.15, -0.1) is 0 Å². The van der Waals surface area contributed by atoms with E-state index in [9.17, 15) is 0 Å². The molecule has 0 aliphatic carbocycles. The molecule has 1 nitrogen and oxygen atoms in total. The highest BCUT2D eigenvalue weighted by Gasteiger charge is 1.99. The van der Waals surface area contributed by atoms with E-state index in [2.05, 4.69) is 52.1 Å². The second-order valence-electron chi connectivity index (χ2n) is 3.21. The van der Waals surface area contributed by atoms with Crippen molar-refractivity contribution >= 4 is 15.9 Å². The first-order valence-electron chi connectivity index (χ1n) is 4.44. The van der Waals surface area contributed by atoms with E-state index in [1.54, 1.807) is 6.20 Å². The lowest BCUT2D eigenvalue weighted by molar-refractivity contribution is 1.32. The normalized spacial score (nSPS) is 10.1. The number of aryl methyl sites for hydroxylation is 1. The fourth-order valence-corrected chi connectivity index (χ4v) is 1.60. The lowest BCUT2D eigenvalue weighted by Crippen LogP contribution is -1.81. The van der Waals surface area contributed by atoms with Crippen molar-refractivity contribution in [3.05, 3.63) is 52.8 Å². The van der Waals surface area contributed by atoms with Crippen molar-refractivity contribution in [1.82, 2.24) is 4.98 Å². The van der Waals surface area contributed by atoms with Gasteiger partial charge in [-0.1, -0.05) is 34.1 Å². The molecule has 0 saturated heterocycles. The molecule has 1 heterocycles. The predicted octanol–water partition coefficient (Wildman–Crippen LogP) is 3.82. The van der Waals surface area contributed by atoms with Crippen LogP contribution in [0.5, 0.6) is 0 Å². The van der Waals surface area contributed by atoms with Crippen molar-refractivity contribution < 1.29 is 0 Å². The van der Waals surface area contributed by atoms with Crippen LogP contribution in [0.1, 0.15) is 5.56 Å². The van der Waals surface area contributed by atoms with Crippen molar-refractivity contribution in [2.75, 3.05) is 0 Å². The molecule has 0 unspecified atom stereocenters. The molecular weight excluding hydrogens is 238 g/mol. The largest absolute Gasteiger partial charge is 0.264 e. The fraction of sp³-hybridized carbons (Fsp3) is 0.0833. The standard InChI is InChI=1S/C12H10BrN/c1-9-7-10(4-5-12(9)13)11-3-2-6-14-8-11/h2-8H,1H3. The van der Waals surface area contributed by atoms with E-state index >= 15 is 0 Å². The van der Waals surface area contributed by atoms with E-state index in [1.165, 1.54) is 11.1 Å². The number of pyridine rings is 1. The van der Waals surface area contributed by atoms with Gasteiger partial charge in [-0.05, 0) is 35.7 Å². The third-order valence-electron chi connectivity index (χ3n) is 2.15. The number of nitrogens with zero attached hydrogens (tertiary/aromatic N) is 1. The molecule has 0 aliphatic heterocycles. The monoisotopic (exact) mass is 247 g/mol. The van der Waals surface area contributed by atoms with Crippen molar-refractivity contribution in [2.45, 2.75) is 6.92 Å². The maximum Gasteiger partial charge on any atom is 0.0346 e. The summed E-state index contributed by atoms with van der Waals surface area (Å²) in [5.74, 6) is 0. The molecule has 1 aromatic heterocycles. The molecule has 0 radical (unpaired) electrons. The first-order chi connectivity index (χ1) is 6.77. The molecule has 0 amide bonds. The average Bonchev–Trinajstić information content (AvgIpc) is 2.23. The highest BCUT2D eigenvalue weighted by atomic mass is 79.9. The topological polar surface area (TPSA) is 12.9 Å². The van der Waals surface area contributed by atoms with E-state index in [4.69, 9.17) is 0 Å². The van der Waals surface area contributed by atoms with Crippen LogP contribution in [0.15, 0.2) is 47.2 Å². The first kappa shape index (κ1) is 9.41. The third-order valence-corrected chi connectivity index (χ3v) is 3.04. The zero-order chi connectivity index (χ0) is 9.97. The van der Waals surface area contributed by atoms with Gasteiger partial charge in [-0.25, -0.2) is 0 Å². The van der Waals surface area contributed by atoms with Crippen molar-refractivity contribution in [3.63, 3.8) is 0 Å². The molecule has 2 rings (SSSR count). The Kier molecular flexibility index (Phi) is 2.64. The van der Waals surface area contributed by atoms with Crippen LogP contribution in [0.4, 0.5) is 0 Å². The van der Waals surface area contributed by atoms with Crippen molar-refractivity contribution in [3.8, 4) is 11.1 Å². The number of hydrogen-bond acceptors (Lipinski definition) is 1. The molecule has 0 N–H and O–H groups in total. The number of aromatic nitrogens is 1. The lowest BCUT2D eigenvalue weighted by Gasteiger charge is -2.03. The highest BCUT2D eigenvalue weighted by Crippen LogP contribution is 2.23. The second kappa shape index (κ2) is 3.93. The molecule has 2 aromatic rings. The Labute approximate surface area is 91.9 Å². The Morgan fingerprint density at radius 2 is 2.00 bits per heavy atom. The van der Waals surface area contributed by atoms with Gasteiger partial charge >= 0.3 is 0 Å². The summed E-state index contributed by atoms with van der Waals surface area (Å²) in [6, 6.07) is 10.3. The van der Waals surface area contributed by atoms with Crippen LogP contribution in [0.25, 0.3) is 11.1 Å². The quantitative estimate of drug-likeness (QED) is 0.747. The minimum atomic E-state index is 1.14. The maximum absolute atomic E-state index is 4.10. The highest BCUT2D eigenvalue weighted by molar-refractivity contribution is 9.10. The summed E-state index contributed by atoms with van der Waals surface area (Å²) < 4.78 is 1.14. The molecule has 0 atom stereocenters. The van der Waals surface area contributed by atoms with Crippen LogP contribution < -0.4 is 0 Å². The number of halogens is 1. The fourth-order valence-electron chi connectivity index (χ4n) is 1.36. The minimum Gasteiger partial charge on any atom is -0.264 e. The number of hydrogen-bond donors (Lipinski definition) is 0. The van der Waals surface area contributed by atoms with Crippen molar-refractivity contribution in [2.24, 2.45) is 0 Å². The summed E-state index contributed by atoms with van der Waals surface area (Å²) in [5.41, 5.74) is 3.60. The van der Waals surface area contributed by atoms with Gasteiger partial charge in [0, 0.05) is 16.9 Å². The van der Waals surface area contributed by atoms with Gasteiger partial charge in [0.25, 0.3) is 0 Å². The van der Waals surface area contributed by atoms with E-state index in [1.807, 2.05) is 12.3 Å². The molecule has 2 heteroatoms. The molecule has 14 heavy (non-hydrogen) atoms. The zero-order valence-electron chi connectivity index (χ0n) is 7.87. The SMILES string of the molecule is Cc1cc(-c2cccnc2)ccc1Br. The predicted molar refractivity (Wildman–Crippen MR) is 62.1 cm³/mol. The number of benzene rings is 1. The van der Waals surface area contributed by atoms with Gasteiger partial charge in [-0.2, -0.15) is 0 Å². The summed E-state index contributed by atoms with van der Waals surface area (Å²) in [7, 11) is 0. The molecule has 1 aromatic carbocycles. The van der Waals surface area contributed by atoms with Crippen LogP contribution >= 0.6 is 15.9 Å². The van der Waals surface area contributed by atoms with Crippen LogP contribution in [0.3, 0.4) is 0 Å². The molecule has 70 valence electrons.